The van der Waals surface area contributed by atoms with Crippen LogP contribution in [-0.2, 0) is 0 Å². The van der Waals surface area contributed by atoms with Gasteiger partial charge in [0, 0.05) is 12.1 Å². The molecule has 1 fully saturated rings. The lowest BCUT2D eigenvalue weighted by molar-refractivity contribution is 0.0583. The summed E-state index contributed by atoms with van der Waals surface area (Å²) >= 11 is 0. The molecule has 0 spiro atoms. The first-order valence-corrected chi connectivity index (χ1v) is 9.45. The SMILES string of the molecule is CCCCN(CCCC)C1CC(C(C)(C)CC)CCC1N. The molecular weight excluding hydrogens is 256 g/mol. The van der Waals surface area contributed by atoms with Gasteiger partial charge < -0.3 is 5.73 Å². The minimum atomic E-state index is 0.391. The van der Waals surface area contributed by atoms with E-state index in [1.54, 1.807) is 0 Å². The van der Waals surface area contributed by atoms with E-state index in [1.807, 2.05) is 0 Å². The first-order chi connectivity index (χ1) is 9.96. The fraction of sp³-hybridized carbons (Fsp3) is 1.00. The maximum atomic E-state index is 6.53. The Balaban J connectivity index is 2.72. The van der Waals surface area contributed by atoms with Gasteiger partial charge in [0.1, 0.15) is 0 Å². The highest BCUT2D eigenvalue weighted by atomic mass is 15.2. The third-order valence-corrected chi connectivity index (χ3v) is 5.95. The van der Waals surface area contributed by atoms with Crippen LogP contribution in [0.15, 0.2) is 0 Å². The third-order valence-electron chi connectivity index (χ3n) is 5.95. The molecule has 2 N–H and O–H groups in total. The van der Waals surface area contributed by atoms with Gasteiger partial charge in [0.05, 0.1) is 0 Å². The summed E-state index contributed by atoms with van der Waals surface area (Å²) in [6, 6.07) is 1.01. The molecule has 1 aliphatic carbocycles. The van der Waals surface area contributed by atoms with Crippen LogP contribution in [0, 0.1) is 11.3 Å². The van der Waals surface area contributed by atoms with Gasteiger partial charge in [0.15, 0.2) is 0 Å². The monoisotopic (exact) mass is 296 g/mol. The zero-order valence-electron chi connectivity index (χ0n) is 15.3. The predicted molar refractivity (Wildman–Crippen MR) is 94.6 cm³/mol. The molecule has 1 saturated carbocycles. The Bertz CT molecular complexity index is 267. The summed E-state index contributed by atoms with van der Waals surface area (Å²) in [4.78, 5) is 2.73. The van der Waals surface area contributed by atoms with Crippen molar-refractivity contribution in [3.8, 4) is 0 Å². The van der Waals surface area contributed by atoms with E-state index in [1.165, 1.54) is 64.5 Å². The molecule has 0 radical (unpaired) electrons. The Labute approximate surface area is 133 Å². The van der Waals surface area contributed by atoms with Crippen molar-refractivity contribution in [3.05, 3.63) is 0 Å². The number of unbranched alkanes of at least 4 members (excludes halogenated alkanes) is 2. The molecule has 2 nitrogen and oxygen atoms in total. The van der Waals surface area contributed by atoms with E-state index < -0.39 is 0 Å². The van der Waals surface area contributed by atoms with E-state index in [0.717, 1.165) is 5.92 Å². The molecule has 0 aromatic carbocycles. The molecule has 0 aliphatic heterocycles. The van der Waals surface area contributed by atoms with Gasteiger partial charge >= 0.3 is 0 Å². The smallest absolute Gasteiger partial charge is 0.0250 e. The van der Waals surface area contributed by atoms with Crippen molar-refractivity contribution in [2.45, 2.75) is 98.1 Å². The van der Waals surface area contributed by atoms with Gasteiger partial charge in [-0.25, -0.2) is 0 Å². The van der Waals surface area contributed by atoms with Crippen LogP contribution in [0.2, 0.25) is 0 Å². The summed E-state index contributed by atoms with van der Waals surface area (Å²) in [6.07, 6.45) is 10.3. The molecule has 0 saturated heterocycles. The topological polar surface area (TPSA) is 29.3 Å². The lowest BCUT2D eigenvalue weighted by Crippen LogP contribution is -2.53. The maximum absolute atomic E-state index is 6.53. The number of rotatable bonds is 9. The van der Waals surface area contributed by atoms with Crippen LogP contribution in [0.1, 0.15) is 86.0 Å². The molecule has 0 aromatic heterocycles. The standard InChI is InChI=1S/C19H40N2/c1-6-9-13-21(14-10-7-2)18-15-16(11-12-17(18)20)19(4,5)8-3/h16-18H,6-15,20H2,1-5H3. The second kappa shape index (κ2) is 9.15. The molecule has 0 bridgehead atoms. The van der Waals surface area contributed by atoms with Gasteiger partial charge in [-0.1, -0.05) is 53.9 Å². The first-order valence-electron chi connectivity index (χ1n) is 9.45. The van der Waals surface area contributed by atoms with Crippen molar-refractivity contribution < 1.29 is 0 Å². The molecule has 1 rings (SSSR count). The fourth-order valence-electron chi connectivity index (χ4n) is 3.75. The fourth-order valence-corrected chi connectivity index (χ4v) is 3.75. The van der Waals surface area contributed by atoms with Crippen LogP contribution in [0.25, 0.3) is 0 Å². The molecule has 1 aliphatic rings. The van der Waals surface area contributed by atoms with Crippen molar-refractivity contribution in [1.29, 1.82) is 0 Å². The molecule has 3 unspecified atom stereocenters. The van der Waals surface area contributed by atoms with Gasteiger partial charge in [-0.15, -0.1) is 0 Å². The summed E-state index contributed by atoms with van der Waals surface area (Å²) in [5.74, 6) is 0.845. The van der Waals surface area contributed by atoms with Gasteiger partial charge in [0.25, 0.3) is 0 Å². The molecule has 3 atom stereocenters. The zero-order valence-corrected chi connectivity index (χ0v) is 15.3. The van der Waals surface area contributed by atoms with E-state index in [-0.39, 0.29) is 0 Å². The average molecular weight is 297 g/mol. The quantitative estimate of drug-likeness (QED) is 0.661. The highest BCUT2D eigenvalue weighted by Gasteiger charge is 2.37. The van der Waals surface area contributed by atoms with E-state index >= 15 is 0 Å². The maximum Gasteiger partial charge on any atom is 0.0250 e. The van der Waals surface area contributed by atoms with Crippen LogP contribution in [0.4, 0.5) is 0 Å². The lowest BCUT2D eigenvalue weighted by Gasteiger charge is -2.46. The minimum Gasteiger partial charge on any atom is -0.326 e. The van der Waals surface area contributed by atoms with Gasteiger partial charge in [-0.2, -0.15) is 0 Å². The predicted octanol–water partition coefficient (Wildman–Crippen LogP) is 4.82. The minimum absolute atomic E-state index is 0.391. The van der Waals surface area contributed by atoms with Crippen LogP contribution < -0.4 is 5.73 Å². The van der Waals surface area contributed by atoms with Crippen molar-refractivity contribution in [1.82, 2.24) is 4.90 Å². The van der Waals surface area contributed by atoms with Crippen molar-refractivity contribution in [2.75, 3.05) is 13.1 Å². The summed E-state index contributed by atoms with van der Waals surface area (Å²) < 4.78 is 0. The van der Waals surface area contributed by atoms with Crippen LogP contribution >= 0.6 is 0 Å². The Morgan fingerprint density at radius 2 is 1.57 bits per heavy atom. The number of nitrogens with zero attached hydrogens (tertiary/aromatic N) is 1. The van der Waals surface area contributed by atoms with Crippen molar-refractivity contribution in [2.24, 2.45) is 17.1 Å². The third kappa shape index (κ3) is 5.56. The van der Waals surface area contributed by atoms with E-state index in [0.29, 0.717) is 17.5 Å². The molecule has 0 aromatic rings. The number of hydrogen-bond donors (Lipinski definition) is 1. The van der Waals surface area contributed by atoms with Crippen molar-refractivity contribution in [3.63, 3.8) is 0 Å². The number of hydrogen-bond acceptors (Lipinski definition) is 2. The van der Waals surface area contributed by atoms with Crippen LogP contribution in [-0.4, -0.2) is 30.1 Å². The molecule has 21 heavy (non-hydrogen) atoms. The van der Waals surface area contributed by atoms with E-state index in [9.17, 15) is 0 Å². The van der Waals surface area contributed by atoms with Gasteiger partial charge in [-0.3, -0.25) is 4.90 Å². The van der Waals surface area contributed by atoms with E-state index in [2.05, 4.69) is 39.5 Å². The molecule has 0 heterocycles. The second-order valence-electron chi connectivity index (χ2n) is 7.83. The largest absolute Gasteiger partial charge is 0.326 e. The van der Waals surface area contributed by atoms with E-state index in [4.69, 9.17) is 5.73 Å². The van der Waals surface area contributed by atoms with Crippen molar-refractivity contribution >= 4 is 0 Å². The summed E-state index contributed by atoms with van der Waals surface area (Å²) in [7, 11) is 0. The lowest BCUT2D eigenvalue weighted by atomic mass is 9.67. The summed E-state index contributed by atoms with van der Waals surface area (Å²) in [6.45, 7) is 14.3. The highest BCUT2D eigenvalue weighted by Crippen LogP contribution is 2.41. The molecule has 2 heteroatoms. The zero-order chi connectivity index (χ0) is 15.9. The Morgan fingerprint density at radius 3 is 2.05 bits per heavy atom. The van der Waals surface area contributed by atoms with Gasteiger partial charge in [-0.05, 0) is 56.5 Å². The van der Waals surface area contributed by atoms with Crippen LogP contribution in [0.5, 0.6) is 0 Å². The molecule has 0 amide bonds. The first kappa shape index (κ1) is 19.0. The summed E-state index contributed by atoms with van der Waals surface area (Å²) in [5, 5.41) is 0. The van der Waals surface area contributed by atoms with Gasteiger partial charge in [0.2, 0.25) is 0 Å². The van der Waals surface area contributed by atoms with Crippen LogP contribution in [0.3, 0.4) is 0 Å². The Hall–Kier alpha value is -0.0800. The average Bonchev–Trinajstić information content (AvgIpc) is 2.48. The Kier molecular flexibility index (Phi) is 8.26. The second-order valence-corrected chi connectivity index (χ2v) is 7.83. The molecule has 126 valence electrons. The highest BCUT2D eigenvalue weighted by molar-refractivity contribution is 4.93. The summed E-state index contributed by atoms with van der Waals surface area (Å²) in [5.41, 5.74) is 7.00. The Morgan fingerprint density at radius 1 is 1.00 bits per heavy atom. The number of nitrogens with two attached hydrogens (primary N) is 1. The normalized spacial score (nSPS) is 27.3. The molecular formula is C19H40N2.